The molecule has 0 saturated carbocycles. The third kappa shape index (κ3) is 7.29. The molecular weight excluding hydrogens is 404 g/mol. The first-order chi connectivity index (χ1) is 14.2. The first-order valence-corrected chi connectivity index (χ1v) is 10.6. The van der Waals surface area contributed by atoms with E-state index in [1.54, 1.807) is 6.21 Å². The van der Waals surface area contributed by atoms with Crippen molar-refractivity contribution < 1.29 is 9.53 Å². The van der Waals surface area contributed by atoms with Crippen LogP contribution in [0.15, 0.2) is 84.0 Å². The highest BCUT2D eigenvalue weighted by Gasteiger charge is 2.03. The molecule has 0 bridgehead atoms. The molecule has 0 atom stereocenters. The van der Waals surface area contributed by atoms with E-state index in [1.807, 2.05) is 78.9 Å². The molecule has 148 valence electrons. The number of amides is 1. The molecule has 4 nitrogen and oxygen atoms in total. The van der Waals surface area contributed by atoms with Crippen LogP contribution in [0, 0.1) is 0 Å². The number of nitrogens with one attached hydrogen (secondary N) is 1. The highest BCUT2D eigenvalue weighted by Crippen LogP contribution is 2.20. The molecule has 3 aromatic carbocycles. The molecule has 0 saturated heterocycles. The zero-order chi connectivity index (χ0) is 20.3. The Morgan fingerprint density at radius 3 is 2.48 bits per heavy atom. The number of nitrogens with zero attached hydrogens (tertiary/aromatic N) is 1. The quantitative estimate of drug-likeness (QED) is 0.374. The second kappa shape index (κ2) is 11.3. The second-order valence-corrected chi connectivity index (χ2v) is 7.61. The van der Waals surface area contributed by atoms with Crippen LogP contribution in [0.4, 0.5) is 0 Å². The van der Waals surface area contributed by atoms with Gasteiger partial charge in [-0.3, -0.25) is 4.79 Å². The molecular formula is C23H21ClN2O2S. The van der Waals surface area contributed by atoms with E-state index < -0.39 is 0 Å². The summed E-state index contributed by atoms with van der Waals surface area (Å²) in [6.07, 6.45) is 1.61. The van der Waals surface area contributed by atoms with Crippen molar-refractivity contribution in [1.82, 2.24) is 5.43 Å². The van der Waals surface area contributed by atoms with Gasteiger partial charge in [-0.25, -0.2) is 5.43 Å². The third-order valence-corrected chi connectivity index (χ3v) is 5.33. The first-order valence-electron chi connectivity index (χ1n) is 9.10. The Morgan fingerprint density at radius 1 is 1.00 bits per heavy atom. The lowest BCUT2D eigenvalue weighted by atomic mass is 10.2. The molecule has 1 N–H and O–H groups in total. The Labute approximate surface area is 179 Å². The lowest BCUT2D eigenvalue weighted by molar-refractivity contribution is -0.118. The van der Waals surface area contributed by atoms with E-state index in [0.717, 1.165) is 27.5 Å². The van der Waals surface area contributed by atoms with Crippen LogP contribution in [0.3, 0.4) is 0 Å². The van der Waals surface area contributed by atoms with Crippen LogP contribution in [-0.4, -0.2) is 17.9 Å². The zero-order valence-corrected chi connectivity index (χ0v) is 17.3. The lowest BCUT2D eigenvalue weighted by Gasteiger charge is -2.06. The SMILES string of the molecule is O=C(CSCc1ccccc1Cl)N/N=C/c1ccc(OCc2ccccc2)cc1. The number of halogens is 1. The Kier molecular flexibility index (Phi) is 8.16. The van der Waals surface area contributed by atoms with Crippen LogP contribution in [0.5, 0.6) is 5.75 Å². The molecule has 0 unspecified atom stereocenters. The fourth-order valence-corrected chi connectivity index (χ4v) is 3.58. The number of thioether (sulfide) groups is 1. The summed E-state index contributed by atoms with van der Waals surface area (Å²) < 4.78 is 5.75. The van der Waals surface area contributed by atoms with Crippen molar-refractivity contribution in [2.45, 2.75) is 12.4 Å². The third-order valence-electron chi connectivity index (χ3n) is 3.98. The van der Waals surface area contributed by atoms with Crippen molar-refractivity contribution in [2.75, 3.05) is 5.75 Å². The zero-order valence-electron chi connectivity index (χ0n) is 15.8. The fourth-order valence-electron chi connectivity index (χ4n) is 2.47. The molecule has 29 heavy (non-hydrogen) atoms. The summed E-state index contributed by atoms with van der Waals surface area (Å²) in [4.78, 5) is 11.9. The summed E-state index contributed by atoms with van der Waals surface area (Å²) in [5, 5.41) is 4.72. The van der Waals surface area contributed by atoms with Crippen molar-refractivity contribution in [1.29, 1.82) is 0 Å². The summed E-state index contributed by atoms with van der Waals surface area (Å²) in [5.74, 6) is 1.63. The van der Waals surface area contributed by atoms with Crippen LogP contribution in [0.2, 0.25) is 5.02 Å². The van der Waals surface area contributed by atoms with Gasteiger partial charge in [0, 0.05) is 10.8 Å². The summed E-state index contributed by atoms with van der Waals surface area (Å²) in [7, 11) is 0. The van der Waals surface area contributed by atoms with Gasteiger partial charge in [0.1, 0.15) is 12.4 Å². The number of carbonyl (C=O) groups excluding carboxylic acids is 1. The normalized spacial score (nSPS) is 10.8. The Bertz CT molecular complexity index is 947. The minimum Gasteiger partial charge on any atom is -0.489 e. The molecule has 1 amide bonds. The Balaban J connectivity index is 1.38. The van der Waals surface area contributed by atoms with E-state index in [0.29, 0.717) is 18.1 Å². The average Bonchev–Trinajstić information content (AvgIpc) is 2.75. The van der Waals surface area contributed by atoms with Crippen molar-refractivity contribution >= 4 is 35.5 Å². The summed E-state index contributed by atoms with van der Waals surface area (Å²) in [5.41, 5.74) is 5.55. The minimum atomic E-state index is -0.152. The van der Waals surface area contributed by atoms with E-state index in [2.05, 4.69) is 10.5 Å². The molecule has 0 aromatic heterocycles. The molecule has 3 rings (SSSR count). The Hall–Kier alpha value is -2.76. The van der Waals surface area contributed by atoms with Crippen molar-refractivity contribution in [3.05, 3.63) is 101 Å². The smallest absolute Gasteiger partial charge is 0.250 e. The molecule has 0 spiro atoms. The molecule has 3 aromatic rings. The van der Waals surface area contributed by atoms with E-state index >= 15 is 0 Å². The molecule has 0 aliphatic heterocycles. The number of rotatable bonds is 9. The maximum atomic E-state index is 11.9. The van der Waals surface area contributed by atoms with Crippen molar-refractivity contribution in [2.24, 2.45) is 5.10 Å². The van der Waals surface area contributed by atoms with Crippen molar-refractivity contribution in [3.63, 3.8) is 0 Å². The lowest BCUT2D eigenvalue weighted by Crippen LogP contribution is -2.19. The molecule has 0 radical (unpaired) electrons. The summed E-state index contributed by atoms with van der Waals surface area (Å²) >= 11 is 7.60. The van der Waals surface area contributed by atoms with Gasteiger partial charge in [-0.05, 0) is 47.0 Å². The first kappa shape index (κ1) is 21.0. The number of hydrogen-bond acceptors (Lipinski definition) is 4. The van der Waals surface area contributed by atoms with Crippen LogP contribution in [0.25, 0.3) is 0 Å². The average molecular weight is 425 g/mol. The predicted octanol–water partition coefficient (Wildman–Crippen LogP) is 5.30. The highest BCUT2D eigenvalue weighted by molar-refractivity contribution is 7.99. The molecule has 0 fully saturated rings. The molecule has 0 aliphatic carbocycles. The number of carbonyl (C=O) groups is 1. The van der Waals surface area contributed by atoms with E-state index in [-0.39, 0.29) is 5.91 Å². The number of ether oxygens (including phenoxy) is 1. The van der Waals surface area contributed by atoms with E-state index in [1.165, 1.54) is 11.8 Å². The largest absolute Gasteiger partial charge is 0.489 e. The van der Waals surface area contributed by atoms with Crippen LogP contribution >= 0.6 is 23.4 Å². The molecule has 0 heterocycles. The van der Waals surface area contributed by atoms with Crippen LogP contribution in [-0.2, 0) is 17.2 Å². The van der Waals surface area contributed by atoms with Crippen LogP contribution in [0.1, 0.15) is 16.7 Å². The standard InChI is InChI=1S/C23H21ClN2O2S/c24-22-9-5-4-8-20(22)16-29-17-23(27)26-25-14-18-10-12-21(13-11-18)28-15-19-6-2-1-3-7-19/h1-14H,15-17H2,(H,26,27)/b25-14+. The summed E-state index contributed by atoms with van der Waals surface area (Å²) in [6, 6.07) is 25.2. The van der Waals surface area contributed by atoms with Gasteiger partial charge >= 0.3 is 0 Å². The van der Waals surface area contributed by atoms with Gasteiger partial charge in [-0.2, -0.15) is 5.10 Å². The summed E-state index contributed by atoms with van der Waals surface area (Å²) in [6.45, 7) is 0.524. The van der Waals surface area contributed by atoms with E-state index in [9.17, 15) is 4.79 Å². The van der Waals surface area contributed by atoms with Crippen LogP contribution < -0.4 is 10.2 Å². The minimum absolute atomic E-state index is 0.152. The maximum absolute atomic E-state index is 11.9. The number of hydrogen-bond donors (Lipinski definition) is 1. The van der Waals surface area contributed by atoms with Gasteiger partial charge in [-0.15, -0.1) is 11.8 Å². The monoisotopic (exact) mass is 424 g/mol. The number of hydrazone groups is 1. The highest BCUT2D eigenvalue weighted by atomic mass is 35.5. The van der Waals surface area contributed by atoms with Gasteiger partial charge in [0.2, 0.25) is 5.91 Å². The predicted molar refractivity (Wildman–Crippen MR) is 121 cm³/mol. The van der Waals surface area contributed by atoms with Gasteiger partial charge in [0.15, 0.2) is 0 Å². The molecule has 6 heteroatoms. The number of benzene rings is 3. The molecule has 0 aliphatic rings. The van der Waals surface area contributed by atoms with E-state index in [4.69, 9.17) is 16.3 Å². The van der Waals surface area contributed by atoms with Gasteiger partial charge < -0.3 is 4.74 Å². The van der Waals surface area contributed by atoms with Crippen molar-refractivity contribution in [3.8, 4) is 5.75 Å². The van der Waals surface area contributed by atoms with Gasteiger partial charge in [0.25, 0.3) is 0 Å². The van der Waals surface area contributed by atoms with Gasteiger partial charge in [-0.1, -0.05) is 60.1 Å². The maximum Gasteiger partial charge on any atom is 0.250 e. The fraction of sp³-hybridized carbons (Fsp3) is 0.130. The topological polar surface area (TPSA) is 50.7 Å². The Morgan fingerprint density at radius 2 is 1.72 bits per heavy atom. The second-order valence-electron chi connectivity index (χ2n) is 6.22. The van der Waals surface area contributed by atoms with Gasteiger partial charge in [0.05, 0.1) is 12.0 Å².